The number of H-pyrrole nitrogens is 1. The second-order valence-corrected chi connectivity index (χ2v) is 6.51. The van der Waals surface area contributed by atoms with Gasteiger partial charge >= 0.3 is 0 Å². The van der Waals surface area contributed by atoms with Crippen LogP contribution < -0.4 is 11.3 Å². The summed E-state index contributed by atoms with van der Waals surface area (Å²) >= 11 is 0. The number of nitrogen functional groups attached to an aromatic ring is 1. The highest BCUT2D eigenvalue weighted by atomic mass is 16.1. The topological polar surface area (TPSA) is 92.8 Å². The van der Waals surface area contributed by atoms with Gasteiger partial charge in [-0.2, -0.15) is 0 Å². The molecule has 0 saturated carbocycles. The summed E-state index contributed by atoms with van der Waals surface area (Å²) in [6.45, 7) is 5.26. The Morgan fingerprint density at radius 2 is 2.12 bits per heavy atom. The molecule has 1 aromatic carbocycles. The number of imidazole rings is 1. The van der Waals surface area contributed by atoms with Crippen molar-refractivity contribution in [2.45, 2.75) is 39.4 Å². The van der Waals surface area contributed by atoms with Crippen LogP contribution in [0.1, 0.15) is 30.4 Å². The Bertz CT molecular complexity index is 973. The summed E-state index contributed by atoms with van der Waals surface area (Å²) in [6, 6.07) is 8.23. The van der Waals surface area contributed by atoms with Gasteiger partial charge in [-0.15, -0.1) is 0 Å². The van der Waals surface area contributed by atoms with E-state index in [0.717, 1.165) is 55.1 Å². The van der Waals surface area contributed by atoms with Crippen molar-refractivity contribution in [3.63, 3.8) is 0 Å². The minimum Gasteiger partial charge on any atom is -0.369 e. The highest BCUT2D eigenvalue weighted by Gasteiger charge is 2.22. The van der Waals surface area contributed by atoms with Gasteiger partial charge in [-0.05, 0) is 18.6 Å². The Morgan fingerprint density at radius 3 is 2.96 bits per heavy atom. The van der Waals surface area contributed by atoms with Crippen molar-refractivity contribution in [3.8, 4) is 0 Å². The number of para-hydroxylation sites is 2. The van der Waals surface area contributed by atoms with E-state index in [4.69, 9.17) is 10.7 Å². The van der Waals surface area contributed by atoms with Crippen LogP contribution in [0.2, 0.25) is 0 Å². The van der Waals surface area contributed by atoms with Crippen molar-refractivity contribution in [3.05, 3.63) is 51.7 Å². The Kier molecular flexibility index (Phi) is 4.01. The fourth-order valence-corrected chi connectivity index (χ4v) is 3.55. The third kappa shape index (κ3) is 2.91. The molecule has 1 aliphatic rings. The van der Waals surface area contributed by atoms with Crippen LogP contribution in [0.3, 0.4) is 0 Å². The summed E-state index contributed by atoms with van der Waals surface area (Å²) in [5.74, 6) is 1.24. The van der Waals surface area contributed by atoms with E-state index in [1.165, 1.54) is 5.52 Å². The first kappa shape index (κ1) is 15.8. The number of benzene rings is 1. The molecule has 0 bridgehead atoms. The predicted octanol–water partition coefficient (Wildman–Crippen LogP) is 1.67. The number of nitrogens with zero attached hydrogens (tertiary/aromatic N) is 4. The number of hydrogen-bond acceptors (Lipinski definition) is 5. The van der Waals surface area contributed by atoms with Gasteiger partial charge < -0.3 is 10.3 Å². The van der Waals surface area contributed by atoms with Gasteiger partial charge in [0.2, 0.25) is 5.95 Å². The molecule has 0 unspecified atom stereocenters. The number of rotatable bonds is 4. The van der Waals surface area contributed by atoms with Crippen molar-refractivity contribution < 1.29 is 0 Å². The molecule has 7 nitrogen and oxygen atoms in total. The Morgan fingerprint density at radius 1 is 1.28 bits per heavy atom. The number of fused-ring (bicyclic) bond motifs is 2. The molecule has 4 rings (SSSR count). The molecule has 130 valence electrons. The largest absolute Gasteiger partial charge is 0.369 e. The number of hydrogen-bond donors (Lipinski definition) is 2. The number of nitrogens with one attached hydrogen (secondary N) is 1. The molecule has 0 amide bonds. The lowest BCUT2D eigenvalue weighted by Crippen LogP contribution is -2.36. The first-order chi connectivity index (χ1) is 12.2. The Balaban J connectivity index is 1.64. The van der Waals surface area contributed by atoms with E-state index in [2.05, 4.69) is 32.4 Å². The average Bonchev–Trinajstić information content (AvgIpc) is 2.93. The first-order valence-corrected chi connectivity index (χ1v) is 8.69. The predicted molar refractivity (Wildman–Crippen MR) is 97.1 cm³/mol. The van der Waals surface area contributed by atoms with Crippen molar-refractivity contribution in [1.82, 2.24) is 24.4 Å². The quantitative estimate of drug-likeness (QED) is 0.755. The standard InChI is InChI=1S/C18H22N6O/c1-2-8-24-15-6-4-3-5-14(15)20-16(24)11-23-9-7-13-12(10-23)17(25)22-18(19)21-13/h3-6H,2,7-11H2,1H3,(H3,19,21,22,25). The lowest BCUT2D eigenvalue weighted by molar-refractivity contribution is 0.233. The van der Waals surface area contributed by atoms with E-state index in [1.54, 1.807) is 0 Å². The van der Waals surface area contributed by atoms with Crippen LogP contribution in [0.25, 0.3) is 11.0 Å². The van der Waals surface area contributed by atoms with Gasteiger partial charge in [-0.25, -0.2) is 9.97 Å². The van der Waals surface area contributed by atoms with Gasteiger partial charge in [-0.1, -0.05) is 19.1 Å². The molecule has 0 atom stereocenters. The Labute approximate surface area is 145 Å². The fourth-order valence-electron chi connectivity index (χ4n) is 3.55. The van der Waals surface area contributed by atoms with E-state index >= 15 is 0 Å². The Hall–Kier alpha value is -2.67. The summed E-state index contributed by atoms with van der Waals surface area (Å²) in [6.07, 6.45) is 1.79. The number of aromatic amines is 1. The van der Waals surface area contributed by atoms with Crippen LogP contribution in [0.5, 0.6) is 0 Å². The van der Waals surface area contributed by atoms with Crippen LogP contribution in [0.15, 0.2) is 29.1 Å². The van der Waals surface area contributed by atoms with Crippen molar-refractivity contribution in [1.29, 1.82) is 0 Å². The lowest BCUT2D eigenvalue weighted by Gasteiger charge is -2.27. The normalized spacial score (nSPS) is 14.8. The SMILES string of the molecule is CCCn1c(CN2CCc3nc(N)[nH]c(=O)c3C2)nc2ccccc21. The zero-order valence-electron chi connectivity index (χ0n) is 14.3. The molecular weight excluding hydrogens is 316 g/mol. The van der Waals surface area contributed by atoms with Crippen molar-refractivity contribution in [2.75, 3.05) is 12.3 Å². The van der Waals surface area contributed by atoms with E-state index < -0.39 is 0 Å². The maximum atomic E-state index is 12.2. The molecule has 1 aliphatic heterocycles. The molecular formula is C18H22N6O. The molecule has 0 saturated heterocycles. The number of aromatic nitrogens is 4. The molecule has 3 aromatic rings. The maximum absolute atomic E-state index is 12.2. The maximum Gasteiger partial charge on any atom is 0.257 e. The molecule has 3 heterocycles. The smallest absolute Gasteiger partial charge is 0.257 e. The van der Waals surface area contributed by atoms with Gasteiger partial charge in [0, 0.05) is 26.1 Å². The molecule has 7 heteroatoms. The third-order valence-corrected chi connectivity index (χ3v) is 4.71. The molecule has 0 spiro atoms. The van der Waals surface area contributed by atoms with Crippen molar-refractivity contribution >= 4 is 17.0 Å². The monoisotopic (exact) mass is 338 g/mol. The summed E-state index contributed by atoms with van der Waals surface area (Å²) < 4.78 is 2.29. The number of nitrogens with two attached hydrogens (primary N) is 1. The molecule has 2 aromatic heterocycles. The summed E-state index contributed by atoms with van der Waals surface area (Å²) in [5.41, 5.74) is 9.25. The lowest BCUT2D eigenvalue weighted by atomic mass is 10.1. The molecule has 3 N–H and O–H groups in total. The third-order valence-electron chi connectivity index (χ3n) is 4.71. The van der Waals surface area contributed by atoms with Gasteiger partial charge in [0.05, 0.1) is 28.8 Å². The van der Waals surface area contributed by atoms with Gasteiger partial charge in [-0.3, -0.25) is 14.7 Å². The molecule has 0 fully saturated rings. The first-order valence-electron chi connectivity index (χ1n) is 8.69. The van der Waals surface area contributed by atoms with Crippen LogP contribution >= 0.6 is 0 Å². The molecule has 25 heavy (non-hydrogen) atoms. The highest BCUT2D eigenvalue weighted by Crippen LogP contribution is 2.21. The summed E-state index contributed by atoms with van der Waals surface area (Å²) in [5, 5.41) is 0. The molecule has 0 aliphatic carbocycles. The average molecular weight is 338 g/mol. The van der Waals surface area contributed by atoms with Gasteiger partial charge in [0.15, 0.2) is 0 Å². The number of aryl methyl sites for hydroxylation is 1. The zero-order valence-corrected chi connectivity index (χ0v) is 14.3. The second-order valence-electron chi connectivity index (χ2n) is 6.51. The van der Waals surface area contributed by atoms with Crippen LogP contribution in [-0.2, 0) is 26.1 Å². The summed E-state index contributed by atoms with van der Waals surface area (Å²) in [4.78, 5) is 26.1. The molecule has 0 radical (unpaired) electrons. The van der Waals surface area contributed by atoms with Gasteiger partial charge in [0.1, 0.15) is 5.82 Å². The van der Waals surface area contributed by atoms with Crippen molar-refractivity contribution in [2.24, 2.45) is 0 Å². The van der Waals surface area contributed by atoms with E-state index in [9.17, 15) is 4.79 Å². The van der Waals surface area contributed by atoms with E-state index in [1.807, 2.05) is 18.2 Å². The fraction of sp³-hybridized carbons (Fsp3) is 0.389. The van der Waals surface area contributed by atoms with E-state index in [0.29, 0.717) is 6.54 Å². The van der Waals surface area contributed by atoms with Crippen LogP contribution in [-0.4, -0.2) is 31.0 Å². The number of anilines is 1. The zero-order chi connectivity index (χ0) is 17.4. The minimum atomic E-state index is -0.130. The van der Waals surface area contributed by atoms with Crippen LogP contribution in [0, 0.1) is 0 Å². The van der Waals surface area contributed by atoms with Crippen LogP contribution in [0.4, 0.5) is 5.95 Å². The van der Waals surface area contributed by atoms with E-state index in [-0.39, 0.29) is 11.5 Å². The summed E-state index contributed by atoms with van der Waals surface area (Å²) in [7, 11) is 0. The van der Waals surface area contributed by atoms with Gasteiger partial charge in [0.25, 0.3) is 5.56 Å². The highest BCUT2D eigenvalue weighted by molar-refractivity contribution is 5.75. The second kappa shape index (κ2) is 6.33. The minimum absolute atomic E-state index is 0.130.